The highest BCUT2D eigenvalue weighted by atomic mass is 32.1. The Hall–Kier alpha value is -2.93. The Bertz CT molecular complexity index is 1110. The van der Waals surface area contributed by atoms with E-state index in [1.54, 1.807) is 17.8 Å². The molecule has 0 unspecified atom stereocenters. The molecule has 3 aromatic heterocycles. The molecule has 0 bridgehead atoms. The van der Waals surface area contributed by atoms with Gasteiger partial charge in [-0.25, -0.2) is 9.78 Å². The zero-order valence-corrected chi connectivity index (χ0v) is 13.8. The summed E-state index contributed by atoms with van der Waals surface area (Å²) in [5.74, 6) is 0.785. The SMILES string of the molecule is C=Cc1csc2c1c1ncnn1c(=O)n2Cc1ccc(OC)cc1. The predicted octanol–water partition coefficient (Wildman–Crippen LogP) is 2.81. The van der Waals surface area contributed by atoms with Crippen molar-refractivity contribution in [3.63, 3.8) is 0 Å². The number of methoxy groups -OCH3 is 1. The zero-order valence-electron chi connectivity index (χ0n) is 13.0. The maximum Gasteiger partial charge on any atom is 0.352 e. The van der Waals surface area contributed by atoms with Gasteiger partial charge in [-0.3, -0.25) is 4.57 Å². The van der Waals surface area contributed by atoms with Crippen LogP contribution in [0, 0.1) is 0 Å². The number of thiophene rings is 1. The lowest BCUT2D eigenvalue weighted by Crippen LogP contribution is -2.27. The molecule has 0 N–H and O–H groups in total. The minimum Gasteiger partial charge on any atom is -0.497 e. The summed E-state index contributed by atoms with van der Waals surface area (Å²) in [6.07, 6.45) is 3.17. The molecule has 24 heavy (non-hydrogen) atoms. The van der Waals surface area contributed by atoms with Crippen LogP contribution in [-0.4, -0.2) is 26.3 Å². The Labute approximate surface area is 141 Å². The molecule has 0 spiro atoms. The maximum absolute atomic E-state index is 12.8. The summed E-state index contributed by atoms with van der Waals surface area (Å²) >= 11 is 1.51. The summed E-state index contributed by atoms with van der Waals surface area (Å²) in [5.41, 5.74) is 2.32. The van der Waals surface area contributed by atoms with Crippen molar-refractivity contribution in [2.24, 2.45) is 0 Å². The minimum atomic E-state index is -0.205. The summed E-state index contributed by atoms with van der Waals surface area (Å²) < 4.78 is 8.24. The first-order valence-corrected chi connectivity index (χ1v) is 8.20. The van der Waals surface area contributed by atoms with E-state index in [0.717, 1.165) is 27.1 Å². The van der Waals surface area contributed by atoms with Crippen LogP contribution in [-0.2, 0) is 6.54 Å². The summed E-state index contributed by atoms with van der Waals surface area (Å²) in [6.45, 7) is 4.30. The number of benzene rings is 1. The molecule has 0 aliphatic heterocycles. The third-order valence-corrected chi connectivity index (χ3v) is 4.97. The normalized spacial score (nSPS) is 11.2. The van der Waals surface area contributed by atoms with Gasteiger partial charge in [0.05, 0.1) is 19.0 Å². The van der Waals surface area contributed by atoms with Gasteiger partial charge in [0, 0.05) is 5.38 Å². The van der Waals surface area contributed by atoms with Crippen molar-refractivity contribution in [1.82, 2.24) is 19.2 Å². The first-order valence-electron chi connectivity index (χ1n) is 7.32. The Morgan fingerprint density at radius 1 is 1.33 bits per heavy atom. The van der Waals surface area contributed by atoms with Crippen LogP contribution in [0.3, 0.4) is 0 Å². The van der Waals surface area contributed by atoms with Crippen LogP contribution in [0.4, 0.5) is 0 Å². The second kappa shape index (κ2) is 5.61. The summed E-state index contributed by atoms with van der Waals surface area (Å²) in [7, 11) is 1.63. The Morgan fingerprint density at radius 3 is 2.83 bits per heavy atom. The van der Waals surface area contributed by atoms with Crippen LogP contribution < -0.4 is 10.4 Å². The highest BCUT2D eigenvalue weighted by Crippen LogP contribution is 2.29. The average molecular weight is 338 g/mol. The van der Waals surface area contributed by atoms with E-state index in [0.29, 0.717) is 12.2 Å². The molecular weight excluding hydrogens is 324 g/mol. The highest BCUT2D eigenvalue weighted by molar-refractivity contribution is 7.17. The van der Waals surface area contributed by atoms with Gasteiger partial charge in [-0.2, -0.15) is 9.61 Å². The van der Waals surface area contributed by atoms with E-state index in [2.05, 4.69) is 16.7 Å². The van der Waals surface area contributed by atoms with E-state index >= 15 is 0 Å². The first-order chi connectivity index (χ1) is 11.7. The molecule has 0 aliphatic rings. The van der Waals surface area contributed by atoms with Gasteiger partial charge < -0.3 is 4.74 Å². The number of hydrogen-bond acceptors (Lipinski definition) is 5. The second-order valence-corrected chi connectivity index (χ2v) is 6.15. The van der Waals surface area contributed by atoms with E-state index in [-0.39, 0.29) is 5.69 Å². The lowest BCUT2D eigenvalue weighted by Gasteiger charge is -2.09. The van der Waals surface area contributed by atoms with Crippen molar-refractivity contribution in [2.75, 3.05) is 7.11 Å². The molecular formula is C17H14N4O2S. The lowest BCUT2D eigenvalue weighted by molar-refractivity contribution is 0.414. The Balaban J connectivity index is 1.95. The smallest absolute Gasteiger partial charge is 0.352 e. The molecule has 6 nitrogen and oxygen atoms in total. The quantitative estimate of drug-likeness (QED) is 0.574. The summed E-state index contributed by atoms with van der Waals surface area (Å²) in [4.78, 5) is 17.9. The molecule has 120 valence electrons. The molecule has 0 radical (unpaired) electrons. The zero-order chi connectivity index (χ0) is 16.7. The van der Waals surface area contributed by atoms with E-state index in [1.165, 1.54) is 22.2 Å². The van der Waals surface area contributed by atoms with Crippen molar-refractivity contribution < 1.29 is 4.74 Å². The number of rotatable bonds is 4. The first kappa shape index (κ1) is 14.6. The highest BCUT2D eigenvalue weighted by Gasteiger charge is 2.16. The van der Waals surface area contributed by atoms with Crippen LogP contribution in [0.5, 0.6) is 5.75 Å². The molecule has 0 amide bonds. The van der Waals surface area contributed by atoms with Gasteiger partial charge in [-0.1, -0.05) is 24.8 Å². The summed E-state index contributed by atoms with van der Waals surface area (Å²) in [6, 6.07) is 7.67. The van der Waals surface area contributed by atoms with Gasteiger partial charge in [0.1, 0.15) is 16.9 Å². The minimum absolute atomic E-state index is 0.205. The monoisotopic (exact) mass is 338 g/mol. The number of aromatic nitrogens is 4. The maximum atomic E-state index is 12.8. The van der Waals surface area contributed by atoms with Crippen molar-refractivity contribution >= 4 is 33.3 Å². The molecule has 3 heterocycles. The Kier molecular flexibility index (Phi) is 3.42. The number of fused-ring (bicyclic) bond motifs is 3. The predicted molar refractivity (Wildman–Crippen MR) is 94.8 cm³/mol. The molecule has 0 saturated heterocycles. The third kappa shape index (κ3) is 2.13. The second-order valence-electron chi connectivity index (χ2n) is 5.29. The summed E-state index contributed by atoms with van der Waals surface area (Å²) in [5, 5.41) is 6.96. The van der Waals surface area contributed by atoms with Crippen LogP contribution in [0.1, 0.15) is 11.1 Å². The van der Waals surface area contributed by atoms with Gasteiger partial charge in [-0.15, -0.1) is 11.3 Å². The topological polar surface area (TPSA) is 61.4 Å². The average Bonchev–Trinajstić information content (AvgIpc) is 3.25. The van der Waals surface area contributed by atoms with E-state index < -0.39 is 0 Å². The van der Waals surface area contributed by atoms with Crippen LogP contribution in [0.25, 0.3) is 21.9 Å². The van der Waals surface area contributed by atoms with Crippen LogP contribution in [0.15, 0.2) is 47.3 Å². The number of nitrogens with zero attached hydrogens (tertiary/aromatic N) is 4. The van der Waals surface area contributed by atoms with Gasteiger partial charge in [0.15, 0.2) is 5.65 Å². The van der Waals surface area contributed by atoms with Crippen LogP contribution >= 0.6 is 11.3 Å². The largest absolute Gasteiger partial charge is 0.497 e. The van der Waals surface area contributed by atoms with Crippen molar-refractivity contribution in [2.45, 2.75) is 6.54 Å². The molecule has 4 aromatic rings. The lowest BCUT2D eigenvalue weighted by atomic mass is 10.2. The molecule has 4 rings (SSSR count). The fraction of sp³-hybridized carbons (Fsp3) is 0.118. The van der Waals surface area contributed by atoms with Crippen LogP contribution in [0.2, 0.25) is 0 Å². The third-order valence-electron chi connectivity index (χ3n) is 3.95. The van der Waals surface area contributed by atoms with Gasteiger partial charge in [0.25, 0.3) is 0 Å². The number of ether oxygens (including phenoxy) is 1. The van der Waals surface area contributed by atoms with Crippen molar-refractivity contribution in [3.8, 4) is 5.75 Å². The van der Waals surface area contributed by atoms with Gasteiger partial charge in [-0.05, 0) is 23.3 Å². The van der Waals surface area contributed by atoms with E-state index in [1.807, 2.05) is 29.6 Å². The standard InChI is InChI=1S/C17H14N4O2S/c1-3-12-9-24-16-14(12)15-18-10-19-21(15)17(22)20(16)8-11-4-6-13(23-2)7-5-11/h3-7,9-10H,1,8H2,2H3. The molecule has 0 aliphatic carbocycles. The van der Waals surface area contributed by atoms with Crippen molar-refractivity contribution in [3.05, 3.63) is 64.2 Å². The molecule has 1 aromatic carbocycles. The molecule has 7 heteroatoms. The number of hydrogen-bond donors (Lipinski definition) is 0. The van der Waals surface area contributed by atoms with Gasteiger partial charge >= 0.3 is 5.69 Å². The fourth-order valence-electron chi connectivity index (χ4n) is 2.74. The molecule has 0 fully saturated rings. The molecule has 0 saturated carbocycles. The fourth-order valence-corrected chi connectivity index (χ4v) is 3.79. The Morgan fingerprint density at radius 2 is 2.12 bits per heavy atom. The molecule has 0 atom stereocenters. The van der Waals surface area contributed by atoms with Crippen molar-refractivity contribution in [1.29, 1.82) is 0 Å². The van der Waals surface area contributed by atoms with Gasteiger partial charge in [0.2, 0.25) is 0 Å². The van der Waals surface area contributed by atoms with E-state index in [4.69, 9.17) is 4.74 Å². The van der Waals surface area contributed by atoms with E-state index in [9.17, 15) is 4.79 Å².